The van der Waals surface area contributed by atoms with Crippen LogP contribution in [0.4, 0.5) is 0 Å². The molecule has 0 aliphatic carbocycles. The van der Waals surface area contributed by atoms with E-state index in [1.54, 1.807) is 0 Å². The van der Waals surface area contributed by atoms with E-state index in [-0.39, 0.29) is 54.8 Å². The van der Waals surface area contributed by atoms with Gasteiger partial charge in [-0.1, -0.05) is 40.0 Å². The van der Waals surface area contributed by atoms with Gasteiger partial charge in [-0.15, -0.1) is 0 Å². The molecule has 0 aliphatic heterocycles. The van der Waals surface area contributed by atoms with Gasteiger partial charge in [-0.05, 0) is 0 Å². The maximum atomic E-state index is 3.60. The zero-order chi connectivity index (χ0) is 10.2. The normalized spacial score (nSPS) is 6.00. The molecule has 0 saturated heterocycles. The van der Waals surface area contributed by atoms with Crippen molar-refractivity contribution < 1.29 is 35.9 Å². The summed E-state index contributed by atoms with van der Waals surface area (Å²) in [6.45, 7) is 17.2. The Hall–Kier alpha value is 1.71. The Bertz CT molecular complexity index is 29.1. The average molecular weight is 249 g/mol. The summed E-state index contributed by atoms with van der Waals surface area (Å²) >= 11 is 0. The first-order valence-corrected chi connectivity index (χ1v) is 5.12. The zero-order valence-corrected chi connectivity index (χ0v) is 12.6. The molecule has 0 fully saturated rings. The molecule has 0 rings (SSSR count). The second kappa shape index (κ2) is 57.2. The van der Waals surface area contributed by atoms with E-state index in [9.17, 15) is 0 Å². The van der Waals surface area contributed by atoms with E-state index in [0.717, 1.165) is 19.3 Å². The summed E-state index contributed by atoms with van der Waals surface area (Å²) in [4.78, 5) is 0. The second-order valence-corrected chi connectivity index (χ2v) is 2.56. The Labute approximate surface area is 134 Å². The summed E-state index contributed by atoms with van der Waals surface area (Å²) in [7, 11) is 0. The first-order valence-electron chi connectivity index (χ1n) is 5.12. The average Bonchev–Trinajstić information content (AvgIpc) is 2.18. The topological polar surface area (TPSA) is 0 Å². The predicted octanol–water partition coefficient (Wildman–Crippen LogP) is 1.48. The molecule has 0 heterocycles. The summed E-state index contributed by atoms with van der Waals surface area (Å²) in [6.07, 6.45) is 6.83. The smallest absolute Gasteiger partial charge is 0.343 e. The van der Waals surface area contributed by atoms with Crippen molar-refractivity contribution in [1.82, 2.24) is 0 Å². The van der Waals surface area contributed by atoms with Crippen LogP contribution in [0.2, 0.25) is 0 Å². The minimum Gasteiger partial charge on any atom is -0.343 e. The Morgan fingerprint density at radius 2 is 0.733 bits per heavy atom. The van der Waals surface area contributed by atoms with Crippen molar-refractivity contribution in [3.8, 4) is 0 Å². The van der Waals surface area contributed by atoms with Crippen LogP contribution in [-0.4, -0.2) is 18.9 Å². The van der Waals surface area contributed by atoms with E-state index >= 15 is 0 Å². The van der Waals surface area contributed by atoms with Gasteiger partial charge in [0.05, 0.1) is 0 Å². The molecule has 0 aromatic heterocycles. The second-order valence-electron chi connectivity index (χ2n) is 2.56. The van der Waals surface area contributed by atoms with Gasteiger partial charge < -0.3 is 20.8 Å². The van der Waals surface area contributed by atoms with Crippen LogP contribution in [0.1, 0.15) is 59.3 Å². The third-order valence-electron chi connectivity index (χ3n) is 1.06. The van der Waals surface area contributed by atoms with E-state index in [1.807, 2.05) is 0 Å². The Morgan fingerprint density at radius 1 is 0.667 bits per heavy atom. The molecular weight excluding hydrogens is 222 g/mol. The van der Waals surface area contributed by atoms with Gasteiger partial charge in [0.15, 0.2) is 0 Å². The molecule has 0 atom stereocenters. The van der Waals surface area contributed by atoms with Gasteiger partial charge in [-0.25, -0.2) is 0 Å². The largest absolute Gasteiger partial charge is 2.00 e. The third-order valence-corrected chi connectivity index (χ3v) is 1.06. The van der Waals surface area contributed by atoms with Crippen LogP contribution in [0.3, 0.4) is 0 Å². The number of hydrogen-bond donors (Lipinski definition) is 0. The van der Waals surface area contributed by atoms with Crippen LogP contribution in [0.5, 0.6) is 0 Å². The fourth-order valence-electron chi connectivity index (χ4n) is 0. The van der Waals surface area contributed by atoms with Crippen molar-refractivity contribution in [1.29, 1.82) is 0 Å². The third kappa shape index (κ3) is 133. The van der Waals surface area contributed by atoms with E-state index < -0.39 is 0 Å². The number of hydrogen-bond acceptors (Lipinski definition) is 0. The minimum atomic E-state index is 0. The van der Waals surface area contributed by atoms with Gasteiger partial charge in [0.25, 0.3) is 0 Å². The Morgan fingerprint density at radius 3 is 0.733 bits per heavy atom. The van der Waals surface area contributed by atoms with Crippen molar-refractivity contribution in [2.24, 2.45) is 0 Å². The minimum absolute atomic E-state index is 0. The van der Waals surface area contributed by atoms with Crippen molar-refractivity contribution in [3.05, 3.63) is 20.8 Å². The van der Waals surface area contributed by atoms with Crippen LogP contribution >= 0.6 is 0 Å². The number of rotatable bonds is 3. The quantitative estimate of drug-likeness (QED) is 0.524. The van der Waals surface area contributed by atoms with Crippen LogP contribution < -0.4 is 18.9 Å². The molecule has 88 valence electrons. The zero-order valence-electron chi connectivity index (χ0n) is 11.7. The fourth-order valence-corrected chi connectivity index (χ4v) is 0. The monoisotopic (exact) mass is 248 g/mol. The molecule has 0 unspecified atom stereocenters. The van der Waals surface area contributed by atoms with Gasteiger partial charge in [0, 0.05) is 18.9 Å². The first kappa shape index (κ1) is 36.0. The summed E-state index contributed by atoms with van der Waals surface area (Å²) in [5.74, 6) is 0. The molecular formula is C12H27CuLi2. The van der Waals surface area contributed by atoms with Gasteiger partial charge in [0.2, 0.25) is 0 Å². The van der Waals surface area contributed by atoms with Crippen molar-refractivity contribution in [2.45, 2.75) is 59.3 Å². The standard InChI is InChI=1S/3C4H9.Cu.2Li/c3*1-3-4-2;;;/h3*1,3-4H2,2H3;;;/q3*-1;+2;;+1. The summed E-state index contributed by atoms with van der Waals surface area (Å²) in [6, 6.07) is 0. The molecule has 0 saturated carbocycles. The predicted molar refractivity (Wildman–Crippen MR) is 66.5 cm³/mol. The molecule has 0 spiro atoms. The Balaban J connectivity index is -0.0000000184. The number of unbranched alkanes of at least 4 members (excludes halogenated alkanes) is 3. The maximum Gasteiger partial charge on any atom is 2.00 e. The first-order chi connectivity index (χ1) is 5.74. The van der Waals surface area contributed by atoms with Gasteiger partial charge in [-0.2, -0.15) is 19.3 Å². The molecule has 3 heteroatoms. The van der Waals surface area contributed by atoms with Crippen molar-refractivity contribution in [2.75, 3.05) is 0 Å². The molecule has 0 aromatic rings. The van der Waals surface area contributed by atoms with Crippen LogP contribution in [0.25, 0.3) is 0 Å². The molecule has 0 nitrogen and oxygen atoms in total. The van der Waals surface area contributed by atoms with Crippen molar-refractivity contribution >= 4 is 18.9 Å². The molecule has 2 radical (unpaired) electrons. The Kier molecular flexibility index (Phi) is 137. The van der Waals surface area contributed by atoms with Crippen LogP contribution in [0, 0.1) is 20.8 Å². The summed E-state index contributed by atoms with van der Waals surface area (Å²) < 4.78 is 0. The van der Waals surface area contributed by atoms with Crippen LogP contribution in [0.15, 0.2) is 0 Å². The van der Waals surface area contributed by atoms with Crippen molar-refractivity contribution in [3.63, 3.8) is 0 Å². The maximum absolute atomic E-state index is 3.60. The SMILES string of the molecule is [CH2-]CCC.[CH2-]CCC.[CH2-]CCC.[Cu+2].[Li+].[Li]. The molecule has 0 aliphatic rings. The molecule has 0 aromatic carbocycles. The van der Waals surface area contributed by atoms with Gasteiger partial charge in [-0.3, -0.25) is 0 Å². The molecule has 0 amide bonds. The molecule has 15 heavy (non-hydrogen) atoms. The van der Waals surface area contributed by atoms with E-state index in [4.69, 9.17) is 0 Å². The van der Waals surface area contributed by atoms with E-state index in [2.05, 4.69) is 41.5 Å². The molecule has 0 bridgehead atoms. The van der Waals surface area contributed by atoms with E-state index in [1.165, 1.54) is 19.3 Å². The summed E-state index contributed by atoms with van der Waals surface area (Å²) in [5.41, 5.74) is 0. The summed E-state index contributed by atoms with van der Waals surface area (Å²) in [5, 5.41) is 0. The molecule has 0 N–H and O–H groups in total. The van der Waals surface area contributed by atoms with E-state index in [0.29, 0.717) is 0 Å². The van der Waals surface area contributed by atoms with Gasteiger partial charge >= 0.3 is 35.9 Å². The van der Waals surface area contributed by atoms with Gasteiger partial charge in [0.1, 0.15) is 0 Å². The fraction of sp³-hybridized carbons (Fsp3) is 0.750. The van der Waals surface area contributed by atoms with Crippen LogP contribution in [-0.2, 0) is 17.1 Å².